The highest BCUT2D eigenvalue weighted by atomic mass is 32.2. The summed E-state index contributed by atoms with van der Waals surface area (Å²) in [6.07, 6.45) is 0.351. The molecule has 0 saturated heterocycles. The van der Waals surface area contributed by atoms with Crippen molar-refractivity contribution in [2.75, 3.05) is 24.6 Å². The first-order chi connectivity index (χ1) is 6.21. The minimum Gasteiger partial charge on any atom is -0.316 e. The molecule has 0 heterocycles. The molecule has 0 aromatic carbocycles. The smallest absolute Gasteiger partial charge is 0.210 e. The fourth-order valence-corrected chi connectivity index (χ4v) is 1.71. The second-order valence-corrected chi connectivity index (χ2v) is 6.31. The second kappa shape index (κ2) is 5.61. The van der Waals surface area contributed by atoms with Crippen LogP contribution < -0.4 is 15.6 Å². The molecule has 5 N–H and O–H groups in total. The Bertz CT molecular complexity index is 311. The van der Waals surface area contributed by atoms with Crippen molar-refractivity contribution in [3.8, 4) is 0 Å². The quantitative estimate of drug-likeness (QED) is 0.428. The van der Waals surface area contributed by atoms with Crippen molar-refractivity contribution in [1.82, 2.24) is 5.32 Å². The lowest BCUT2D eigenvalue weighted by Gasteiger charge is -2.02. The van der Waals surface area contributed by atoms with Crippen LogP contribution in [0, 0.1) is 0 Å². The Morgan fingerprint density at radius 2 is 1.36 bits per heavy atom. The van der Waals surface area contributed by atoms with Gasteiger partial charge in [0.1, 0.15) is 0 Å². The SMILES string of the molecule is NS(=O)(=O)CCCNCCS(N)(=O)=O. The lowest BCUT2D eigenvalue weighted by Crippen LogP contribution is -2.29. The van der Waals surface area contributed by atoms with Gasteiger partial charge in [0, 0.05) is 6.54 Å². The lowest BCUT2D eigenvalue weighted by atomic mass is 10.5. The first-order valence-electron chi connectivity index (χ1n) is 3.92. The maximum absolute atomic E-state index is 10.5. The van der Waals surface area contributed by atoms with Crippen molar-refractivity contribution in [2.24, 2.45) is 10.3 Å². The molecule has 0 amide bonds. The Labute approximate surface area is 84.0 Å². The molecule has 86 valence electrons. The van der Waals surface area contributed by atoms with Crippen LogP contribution in [0.4, 0.5) is 0 Å². The molecule has 0 aliphatic heterocycles. The zero-order valence-electron chi connectivity index (χ0n) is 7.64. The largest absolute Gasteiger partial charge is 0.316 e. The van der Waals surface area contributed by atoms with Gasteiger partial charge in [0.2, 0.25) is 20.0 Å². The third-order valence-corrected chi connectivity index (χ3v) is 2.98. The van der Waals surface area contributed by atoms with Gasteiger partial charge in [-0.05, 0) is 13.0 Å². The minimum atomic E-state index is -3.45. The Morgan fingerprint density at radius 1 is 0.857 bits per heavy atom. The standard InChI is InChI=1S/C5H15N3O4S2/c6-13(9,10)4-1-2-8-3-5-14(7,11)12/h8H,1-5H2,(H2,6,9,10)(H2,7,11,12). The number of rotatable bonds is 7. The molecule has 0 rings (SSSR count). The zero-order valence-corrected chi connectivity index (χ0v) is 9.27. The molecule has 0 aliphatic rings. The summed E-state index contributed by atoms with van der Waals surface area (Å²) in [6.45, 7) is 0.607. The van der Waals surface area contributed by atoms with E-state index in [0.717, 1.165) is 0 Å². The molecular formula is C5H15N3O4S2. The number of nitrogens with two attached hydrogens (primary N) is 2. The fraction of sp³-hybridized carbons (Fsp3) is 1.00. The fourth-order valence-electron chi connectivity index (χ4n) is 0.738. The molecule has 0 aromatic rings. The summed E-state index contributed by atoms with van der Waals surface area (Å²) in [6, 6.07) is 0. The number of hydrogen-bond donors (Lipinski definition) is 3. The van der Waals surface area contributed by atoms with Gasteiger partial charge in [-0.3, -0.25) is 0 Å². The van der Waals surface area contributed by atoms with E-state index in [0.29, 0.717) is 13.0 Å². The average Bonchev–Trinajstić information content (AvgIpc) is 1.92. The van der Waals surface area contributed by atoms with Crippen LogP contribution in [0.3, 0.4) is 0 Å². The van der Waals surface area contributed by atoms with E-state index >= 15 is 0 Å². The molecule has 0 saturated carbocycles. The van der Waals surface area contributed by atoms with Gasteiger partial charge < -0.3 is 5.32 Å². The van der Waals surface area contributed by atoms with E-state index in [1.165, 1.54) is 0 Å². The van der Waals surface area contributed by atoms with Gasteiger partial charge in [-0.15, -0.1) is 0 Å². The molecule has 7 nitrogen and oxygen atoms in total. The van der Waals surface area contributed by atoms with Crippen LogP contribution in [0.25, 0.3) is 0 Å². The van der Waals surface area contributed by atoms with E-state index in [-0.39, 0.29) is 18.1 Å². The van der Waals surface area contributed by atoms with Crippen LogP contribution in [0.1, 0.15) is 6.42 Å². The van der Waals surface area contributed by atoms with Crippen LogP contribution in [-0.4, -0.2) is 41.4 Å². The van der Waals surface area contributed by atoms with Crippen molar-refractivity contribution in [3.05, 3.63) is 0 Å². The van der Waals surface area contributed by atoms with Gasteiger partial charge in [0.05, 0.1) is 11.5 Å². The van der Waals surface area contributed by atoms with Gasteiger partial charge >= 0.3 is 0 Å². The summed E-state index contributed by atoms with van der Waals surface area (Å²) in [7, 11) is -6.87. The first-order valence-corrected chi connectivity index (χ1v) is 7.35. The van der Waals surface area contributed by atoms with Gasteiger partial charge in [-0.2, -0.15) is 0 Å². The Morgan fingerprint density at radius 3 is 1.79 bits per heavy atom. The molecule has 0 spiro atoms. The molecule has 0 aliphatic carbocycles. The summed E-state index contributed by atoms with van der Waals surface area (Å²) in [5.41, 5.74) is 0. The number of primary sulfonamides is 2. The highest BCUT2D eigenvalue weighted by Crippen LogP contribution is 1.83. The zero-order chi connectivity index (χ0) is 11.2. The topological polar surface area (TPSA) is 132 Å². The van der Waals surface area contributed by atoms with Crippen molar-refractivity contribution in [3.63, 3.8) is 0 Å². The number of sulfonamides is 2. The van der Waals surface area contributed by atoms with Crippen molar-refractivity contribution < 1.29 is 16.8 Å². The van der Waals surface area contributed by atoms with Crippen molar-refractivity contribution >= 4 is 20.0 Å². The third kappa shape index (κ3) is 11.8. The molecular weight excluding hydrogens is 230 g/mol. The highest BCUT2D eigenvalue weighted by molar-refractivity contribution is 7.89. The summed E-state index contributed by atoms with van der Waals surface area (Å²) < 4.78 is 41.8. The molecule has 14 heavy (non-hydrogen) atoms. The van der Waals surface area contributed by atoms with E-state index in [1.54, 1.807) is 0 Å². The van der Waals surface area contributed by atoms with Crippen LogP contribution in [0.2, 0.25) is 0 Å². The van der Waals surface area contributed by atoms with E-state index in [1.807, 2.05) is 0 Å². The summed E-state index contributed by atoms with van der Waals surface area (Å²) in [5.74, 6) is -0.280. The van der Waals surface area contributed by atoms with E-state index in [4.69, 9.17) is 10.3 Å². The van der Waals surface area contributed by atoms with Crippen LogP contribution in [0.15, 0.2) is 0 Å². The van der Waals surface area contributed by atoms with Crippen LogP contribution in [0.5, 0.6) is 0 Å². The number of nitrogens with one attached hydrogen (secondary N) is 1. The molecule has 0 radical (unpaired) electrons. The van der Waals surface area contributed by atoms with Gasteiger partial charge in [0.25, 0.3) is 0 Å². The van der Waals surface area contributed by atoms with Crippen molar-refractivity contribution in [1.29, 1.82) is 0 Å². The average molecular weight is 245 g/mol. The van der Waals surface area contributed by atoms with E-state index in [9.17, 15) is 16.8 Å². The molecule has 0 aromatic heterocycles. The number of hydrogen-bond acceptors (Lipinski definition) is 5. The predicted octanol–water partition coefficient (Wildman–Crippen LogP) is -2.46. The second-order valence-electron chi connectivity index (χ2n) is 2.84. The normalized spacial score (nSPS) is 13.0. The van der Waals surface area contributed by atoms with Crippen molar-refractivity contribution in [2.45, 2.75) is 6.42 Å². The van der Waals surface area contributed by atoms with E-state index < -0.39 is 20.0 Å². The molecule has 0 bridgehead atoms. The Hall–Kier alpha value is -0.220. The molecule has 9 heteroatoms. The third-order valence-electron chi connectivity index (χ3n) is 1.35. The summed E-state index contributed by atoms with van der Waals surface area (Å²) >= 11 is 0. The van der Waals surface area contributed by atoms with E-state index in [2.05, 4.69) is 5.32 Å². The van der Waals surface area contributed by atoms with Gasteiger partial charge in [0.15, 0.2) is 0 Å². The predicted molar refractivity (Wildman–Crippen MR) is 53.4 cm³/mol. The summed E-state index contributed by atoms with van der Waals surface area (Å²) in [4.78, 5) is 0. The van der Waals surface area contributed by atoms with Gasteiger partial charge in [-0.1, -0.05) is 0 Å². The summed E-state index contributed by atoms with van der Waals surface area (Å²) in [5, 5.41) is 12.2. The Balaban J connectivity index is 3.41. The molecule has 0 atom stereocenters. The van der Waals surface area contributed by atoms with Gasteiger partial charge in [-0.25, -0.2) is 27.1 Å². The molecule has 0 fully saturated rings. The van der Waals surface area contributed by atoms with Crippen LogP contribution >= 0.6 is 0 Å². The minimum absolute atomic E-state index is 0.116. The maximum Gasteiger partial charge on any atom is 0.210 e. The molecule has 0 unspecified atom stereocenters. The lowest BCUT2D eigenvalue weighted by molar-refractivity contribution is 0.585. The van der Waals surface area contributed by atoms with Crippen LogP contribution in [-0.2, 0) is 20.0 Å². The monoisotopic (exact) mass is 245 g/mol. The first kappa shape index (κ1) is 13.8. The Kier molecular flexibility index (Phi) is 5.52. The maximum atomic E-state index is 10.5. The highest BCUT2D eigenvalue weighted by Gasteiger charge is 2.03.